The van der Waals surface area contributed by atoms with Crippen LogP contribution in [0, 0.1) is 0 Å². The number of nitrogens with one attached hydrogen (secondary N) is 1. The zero-order valence-electron chi connectivity index (χ0n) is 6.04. The third kappa shape index (κ3) is 0.611. The summed E-state index contributed by atoms with van der Waals surface area (Å²) in [5, 5.41) is 3.25. The number of hydrogen-bond acceptors (Lipinski definition) is 2. The molecule has 0 saturated carbocycles. The first-order valence-electron chi connectivity index (χ1n) is 3.77. The lowest BCUT2D eigenvalue weighted by molar-refractivity contribution is 1.38. The van der Waals surface area contributed by atoms with Crippen LogP contribution in [0.15, 0.2) is 36.2 Å². The summed E-state index contributed by atoms with van der Waals surface area (Å²) in [5.74, 6) is 0. The first-order valence-corrected chi connectivity index (χ1v) is 3.77. The van der Waals surface area contributed by atoms with Crippen LogP contribution in [-0.2, 0) is 0 Å². The van der Waals surface area contributed by atoms with Crippen LogP contribution in [0.5, 0.6) is 0 Å². The van der Waals surface area contributed by atoms with Gasteiger partial charge in [0.1, 0.15) is 0 Å². The van der Waals surface area contributed by atoms with Gasteiger partial charge in [-0.2, -0.15) is 0 Å². The summed E-state index contributed by atoms with van der Waals surface area (Å²) < 4.78 is 0. The average Bonchev–Trinajstić information content (AvgIpc) is 2.83. The van der Waals surface area contributed by atoms with Crippen molar-refractivity contribution in [3.63, 3.8) is 0 Å². The van der Waals surface area contributed by atoms with Gasteiger partial charge in [-0.1, -0.05) is 12.1 Å². The minimum Gasteiger partial charge on any atom is -0.358 e. The highest BCUT2D eigenvalue weighted by molar-refractivity contribution is 5.81. The maximum atomic E-state index is 3.25. The van der Waals surface area contributed by atoms with E-state index in [0.717, 1.165) is 6.54 Å². The highest BCUT2D eigenvalue weighted by Gasteiger charge is 2.31. The summed E-state index contributed by atoms with van der Waals surface area (Å²) in [5.41, 5.74) is 3.92. The quantitative estimate of drug-likeness (QED) is 0.558. The minimum absolute atomic E-state index is 1.10. The number of para-hydroxylation sites is 2. The number of fused-ring (bicyclic) bond motifs is 3. The monoisotopic (exact) mass is 144 g/mol. The molecular weight excluding hydrogens is 136 g/mol. The van der Waals surface area contributed by atoms with Crippen LogP contribution in [0.1, 0.15) is 0 Å². The first-order chi connectivity index (χ1) is 5.45. The van der Waals surface area contributed by atoms with E-state index >= 15 is 0 Å². The third-order valence-corrected chi connectivity index (χ3v) is 2.15. The standard InChI is InChI=1S/C9H8N2/c1-2-4-9-8(3-1)10-5-7-6-11(7)9/h1-5,10H,6H2. The van der Waals surface area contributed by atoms with Crippen LogP contribution in [0.3, 0.4) is 0 Å². The van der Waals surface area contributed by atoms with Crippen molar-refractivity contribution in [3.05, 3.63) is 36.2 Å². The van der Waals surface area contributed by atoms with Gasteiger partial charge >= 0.3 is 0 Å². The van der Waals surface area contributed by atoms with Crippen LogP contribution in [0.4, 0.5) is 11.4 Å². The second kappa shape index (κ2) is 1.59. The van der Waals surface area contributed by atoms with Crippen molar-refractivity contribution in [1.82, 2.24) is 0 Å². The molecule has 0 spiro atoms. The molecule has 0 radical (unpaired) electrons. The lowest BCUT2D eigenvalue weighted by atomic mass is 10.2. The van der Waals surface area contributed by atoms with E-state index in [9.17, 15) is 0 Å². The summed E-state index contributed by atoms with van der Waals surface area (Å²) in [6.45, 7) is 1.10. The van der Waals surface area contributed by atoms with Crippen molar-refractivity contribution < 1.29 is 0 Å². The largest absolute Gasteiger partial charge is 0.358 e. The Morgan fingerprint density at radius 3 is 3.18 bits per heavy atom. The number of hydrogen-bond donors (Lipinski definition) is 1. The Morgan fingerprint density at radius 2 is 2.18 bits per heavy atom. The molecule has 0 aliphatic carbocycles. The lowest BCUT2D eigenvalue weighted by Crippen LogP contribution is -2.01. The van der Waals surface area contributed by atoms with E-state index in [2.05, 4.69) is 34.6 Å². The Hall–Kier alpha value is -1.44. The second-order valence-electron chi connectivity index (χ2n) is 2.88. The van der Waals surface area contributed by atoms with E-state index in [0.29, 0.717) is 0 Å². The summed E-state index contributed by atoms with van der Waals surface area (Å²) in [4.78, 5) is 2.30. The zero-order chi connectivity index (χ0) is 7.26. The Morgan fingerprint density at radius 1 is 1.27 bits per heavy atom. The molecule has 0 bridgehead atoms. The molecule has 1 fully saturated rings. The average molecular weight is 144 g/mol. The van der Waals surface area contributed by atoms with Gasteiger partial charge in [0.15, 0.2) is 0 Å². The Labute approximate surface area is 65.1 Å². The van der Waals surface area contributed by atoms with Gasteiger partial charge in [0.05, 0.1) is 23.6 Å². The molecule has 2 aliphatic rings. The predicted molar refractivity (Wildman–Crippen MR) is 45.5 cm³/mol. The van der Waals surface area contributed by atoms with E-state index in [1.54, 1.807) is 0 Å². The highest BCUT2D eigenvalue weighted by Crippen LogP contribution is 2.39. The molecule has 3 rings (SSSR count). The van der Waals surface area contributed by atoms with Gasteiger partial charge in [0.2, 0.25) is 0 Å². The van der Waals surface area contributed by atoms with E-state index in [4.69, 9.17) is 0 Å². The van der Waals surface area contributed by atoms with E-state index in [1.165, 1.54) is 17.1 Å². The molecule has 0 aromatic heterocycles. The van der Waals surface area contributed by atoms with E-state index < -0.39 is 0 Å². The van der Waals surface area contributed by atoms with Crippen LogP contribution in [0.2, 0.25) is 0 Å². The molecular formula is C9H8N2. The summed E-state index contributed by atoms with van der Waals surface area (Å²) in [6, 6.07) is 8.36. The molecule has 1 saturated heterocycles. The number of nitrogens with zero attached hydrogens (tertiary/aromatic N) is 1. The van der Waals surface area contributed by atoms with Crippen molar-refractivity contribution in [1.29, 1.82) is 0 Å². The number of benzene rings is 1. The maximum absolute atomic E-state index is 3.25. The number of anilines is 2. The van der Waals surface area contributed by atoms with Gasteiger partial charge in [-0.25, -0.2) is 0 Å². The summed E-state index contributed by atoms with van der Waals surface area (Å²) >= 11 is 0. The van der Waals surface area contributed by atoms with Crippen molar-refractivity contribution in [2.75, 3.05) is 16.8 Å². The normalized spacial score (nSPS) is 17.8. The molecule has 1 aromatic rings. The predicted octanol–water partition coefficient (Wildman–Crippen LogP) is 1.77. The zero-order valence-corrected chi connectivity index (χ0v) is 6.04. The topological polar surface area (TPSA) is 15.0 Å². The molecule has 0 amide bonds. The van der Waals surface area contributed by atoms with E-state index in [1.807, 2.05) is 6.07 Å². The Kier molecular flexibility index (Phi) is 0.756. The van der Waals surface area contributed by atoms with Crippen molar-refractivity contribution >= 4 is 11.4 Å². The van der Waals surface area contributed by atoms with Gasteiger partial charge in [-0.15, -0.1) is 0 Å². The second-order valence-corrected chi connectivity index (χ2v) is 2.88. The molecule has 54 valence electrons. The smallest absolute Gasteiger partial charge is 0.0652 e. The van der Waals surface area contributed by atoms with Crippen LogP contribution < -0.4 is 10.2 Å². The van der Waals surface area contributed by atoms with Crippen molar-refractivity contribution in [3.8, 4) is 0 Å². The number of rotatable bonds is 0. The van der Waals surface area contributed by atoms with E-state index in [-0.39, 0.29) is 0 Å². The molecule has 2 heteroatoms. The minimum atomic E-state index is 1.10. The fourth-order valence-electron chi connectivity index (χ4n) is 1.48. The van der Waals surface area contributed by atoms with Crippen molar-refractivity contribution in [2.24, 2.45) is 0 Å². The van der Waals surface area contributed by atoms with Gasteiger partial charge in [0, 0.05) is 6.20 Å². The third-order valence-electron chi connectivity index (χ3n) is 2.15. The van der Waals surface area contributed by atoms with Gasteiger partial charge in [0.25, 0.3) is 0 Å². The fraction of sp³-hybridized carbons (Fsp3) is 0.111. The molecule has 1 aromatic carbocycles. The van der Waals surface area contributed by atoms with Crippen LogP contribution in [-0.4, -0.2) is 6.54 Å². The highest BCUT2D eigenvalue weighted by atomic mass is 15.3. The van der Waals surface area contributed by atoms with Crippen LogP contribution in [0.25, 0.3) is 0 Å². The lowest BCUT2D eigenvalue weighted by Gasteiger charge is -2.12. The maximum Gasteiger partial charge on any atom is 0.0652 e. The molecule has 2 nitrogen and oxygen atoms in total. The summed E-state index contributed by atoms with van der Waals surface area (Å²) in [7, 11) is 0. The van der Waals surface area contributed by atoms with Gasteiger partial charge < -0.3 is 10.2 Å². The SMILES string of the molecule is C1=C2CN2c2ccccc2N1. The fourth-order valence-corrected chi connectivity index (χ4v) is 1.48. The molecule has 0 atom stereocenters. The Balaban J connectivity index is 2.21. The van der Waals surface area contributed by atoms with Gasteiger partial charge in [-0.3, -0.25) is 0 Å². The summed E-state index contributed by atoms with van der Waals surface area (Å²) in [6.07, 6.45) is 2.07. The molecule has 11 heavy (non-hydrogen) atoms. The van der Waals surface area contributed by atoms with Crippen LogP contribution >= 0.6 is 0 Å². The van der Waals surface area contributed by atoms with Gasteiger partial charge in [-0.05, 0) is 12.1 Å². The molecule has 1 N–H and O–H groups in total. The molecule has 0 unspecified atom stereocenters. The molecule has 2 aliphatic heterocycles. The first kappa shape index (κ1) is 5.24. The van der Waals surface area contributed by atoms with Crippen molar-refractivity contribution in [2.45, 2.75) is 0 Å². The molecule has 2 heterocycles. The Bertz CT molecular complexity index is 341.